The van der Waals surface area contributed by atoms with E-state index in [9.17, 15) is 4.79 Å². The van der Waals surface area contributed by atoms with Gasteiger partial charge >= 0.3 is 0 Å². The lowest BCUT2D eigenvalue weighted by atomic mass is 10.1. The summed E-state index contributed by atoms with van der Waals surface area (Å²) in [5.74, 6) is 0.694. The highest BCUT2D eigenvalue weighted by molar-refractivity contribution is 7.10. The average molecular weight is 512 g/mol. The summed E-state index contributed by atoms with van der Waals surface area (Å²) in [4.78, 5) is 22.5. The Hall–Kier alpha value is -3.19. The van der Waals surface area contributed by atoms with Gasteiger partial charge in [0.2, 0.25) is 0 Å². The molecule has 1 saturated heterocycles. The zero-order valence-electron chi connectivity index (χ0n) is 20.7. The standard InChI is InChI=1S/C21H24N8OS.C3H9NO/c1-15-12-29-18(16-10-23-28(13-16)7-8-30)11-22-21(29)20(24-15)25-19-9-17(26-31-19)14-27-5-3-2-4-6-27;1-4-2-3-5/h8-13H,2-7,14H2,1H3,(H,24,25);4-5H,2-3H2,1H3. The van der Waals surface area contributed by atoms with Gasteiger partial charge in [0.05, 0.1) is 42.6 Å². The molecule has 0 spiro atoms. The molecule has 0 aliphatic carbocycles. The van der Waals surface area contributed by atoms with Crippen molar-refractivity contribution in [3.8, 4) is 11.3 Å². The minimum atomic E-state index is 0.231. The fourth-order valence-electron chi connectivity index (χ4n) is 4.10. The van der Waals surface area contributed by atoms with Crippen LogP contribution in [0.5, 0.6) is 0 Å². The van der Waals surface area contributed by atoms with E-state index in [1.807, 2.05) is 23.7 Å². The number of nitrogens with one attached hydrogen (secondary N) is 2. The van der Waals surface area contributed by atoms with Gasteiger partial charge in [-0.15, -0.1) is 0 Å². The number of piperidine rings is 1. The molecule has 11 nitrogen and oxygen atoms in total. The van der Waals surface area contributed by atoms with Crippen molar-refractivity contribution in [1.29, 1.82) is 0 Å². The molecule has 0 unspecified atom stereocenters. The summed E-state index contributed by atoms with van der Waals surface area (Å²) in [5, 5.41) is 19.4. The topological polar surface area (TPSA) is 126 Å². The monoisotopic (exact) mass is 511 g/mol. The Kier molecular flexibility index (Phi) is 9.11. The van der Waals surface area contributed by atoms with Gasteiger partial charge in [-0.2, -0.15) is 9.47 Å². The third-order valence-corrected chi connectivity index (χ3v) is 6.54. The number of hydrogen-bond donors (Lipinski definition) is 3. The molecular weight excluding hydrogens is 478 g/mol. The highest BCUT2D eigenvalue weighted by Gasteiger charge is 2.16. The maximum atomic E-state index is 10.8. The molecule has 12 heteroatoms. The van der Waals surface area contributed by atoms with Crippen LogP contribution in [0.15, 0.2) is 30.9 Å². The molecule has 192 valence electrons. The largest absolute Gasteiger partial charge is 0.395 e. The Balaban J connectivity index is 0.000000556. The highest BCUT2D eigenvalue weighted by Crippen LogP contribution is 2.28. The Morgan fingerprint density at radius 2 is 2.03 bits per heavy atom. The van der Waals surface area contributed by atoms with E-state index in [-0.39, 0.29) is 13.2 Å². The zero-order chi connectivity index (χ0) is 25.3. The molecule has 1 aliphatic rings. The summed E-state index contributed by atoms with van der Waals surface area (Å²) in [7, 11) is 1.80. The highest BCUT2D eigenvalue weighted by atomic mass is 32.1. The number of aromatic nitrogens is 6. The fourth-order valence-corrected chi connectivity index (χ4v) is 4.76. The quantitative estimate of drug-likeness (QED) is 0.291. The number of aldehydes is 1. The molecule has 1 aliphatic heterocycles. The third kappa shape index (κ3) is 6.52. The van der Waals surface area contributed by atoms with E-state index < -0.39 is 0 Å². The average Bonchev–Trinajstić information content (AvgIpc) is 3.61. The van der Waals surface area contributed by atoms with Crippen molar-refractivity contribution in [2.24, 2.45) is 0 Å². The van der Waals surface area contributed by atoms with Gasteiger partial charge in [-0.25, -0.2) is 9.97 Å². The second-order valence-corrected chi connectivity index (χ2v) is 9.46. The van der Waals surface area contributed by atoms with E-state index in [1.54, 1.807) is 24.1 Å². The van der Waals surface area contributed by atoms with Gasteiger partial charge in [-0.05, 0) is 57.5 Å². The maximum Gasteiger partial charge on any atom is 0.180 e. The van der Waals surface area contributed by atoms with Gasteiger partial charge in [0.25, 0.3) is 0 Å². The lowest BCUT2D eigenvalue weighted by Gasteiger charge is -2.25. The number of nitrogens with zero attached hydrogens (tertiary/aromatic N) is 7. The first-order chi connectivity index (χ1) is 17.6. The fraction of sp³-hybridized carbons (Fsp3) is 0.458. The summed E-state index contributed by atoms with van der Waals surface area (Å²) in [6.45, 7) is 6.32. The third-order valence-electron chi connectivity index (χ3n) is 5.80. The van der Waals surface area contributed by atoms with Crippen LogP contribution in [0, 0.1) is 6.92 Å². The van der Waals surface area contributed by atoms with Crippen LogP contribution in [0.3, 0.4) is 0 Å². The van der Waals surface area contributed by atoms with E-state index in [1.165, 1.54) is 30.8 Å². The van der Waals surface area contributed by atoms with Crippen molar-refractivity contribution in [2.75, 3.05) is 38.6 Å². The SMILES string of the molecule is CNCCO.Cc1cn2c(-c3cnn(CC=O)c3)cnc2c(Nc2cc(CN3CCCCC3)ns2)n1. The molecule has 0 aromatic carbocycles. The molecule has 0 radical (unpaired) electrons. The number of carbonyl (C=O) groups is 1. The normalized spacial score (nSPS) is 14.0. The van der Waals surface area contributed by atoms with E-state index in [0.29, 0.717) is 12.4 Å². The lowest BCUT2D eigenvalue weighted by Crippen LogP contribution is -2.29. The number of rotatable bonds is 9. The van der Waals surface area contributed by atoms with Crippen molar-refractivity contribution in [2.45, 2.75) is 39.3 Å². The second-order valence-electron chi connectivity index (χ2n) is 8.66. The molecule has 0 atom stereocenters. The van der Waals surface area contributed by atoms with Gasteiger partial charge in [-0.3, -0.25) is 14.0 Å². The Bertz CT molecular complexity index is 1260. The van der Waals surface area contributed by atoms with Crippen molar-refractivity contribution in [1.82, 2.24) is 38.7 Å². The van der Waals surface area contributed by atoms with Gasteiger partial charge in [-0.1, -0.05) is 6.42 Å². The lowest BCUT2D eigenvalue weighted by molar-refractivity contribution is -0.108. The summed E-state index contributed by atoms with van der Waals surface area (Å²) in [6.07, 6.45) is 12.1. The van der Waals surface area contributed by atoms with Crippen LogP contribution in [0.1, 0.15) is 30.7 Å². The van der Waals surface area contributed by atoms with Crippen LogP contribution in [0.4, 0.5) is 10.8 Å². The number of aliphatic hydroxyl groups excluding tert-OH is 1. The number of aliphatic hydroxyl groups is 1. The number of carbonyl (C=O) groups excluding carboxylic acids is 1. The minimum Gasteiger partial charge on any atom is -0.395 e. The van der Waals surface area contributed by atoms with Crippen molar-refractivity contribution >= 4 is 34.3 Å². The predicted molar refractivity (Wildman–Crippen MR) is 141 cm³/mol. The Morgan fingerprint density at radius 3 is 2.75 bits per heavy atom. The summed E-state index contributed by atoms with van der Waals surface area (Å²) in [5.41, 5.74) is 4.48. The molecule has 0 saturated carbocycles. The number of anilines is 2. The summed E-state index contributed by atoms with van der Waals surface area (Å²) < 4.78 is 8.23. The first kappa shape index (κ1) is 25.9. The first-order valence-corrected chi connectivity index (χ1v) is 12.9. The molecular formula is C24H33N9O2S. The van der Waals surface area contributed by atoms with Crippen LogP contribution in [-0.4, -0.2) is 78.1 Å². The zero-order valence-corrected chi connectivity index (χ0v) is 21.5. The molecule has 1 fully saturated rings. The van der Waals surface area contributed by atoms with Crippen LogP contribution < -0.4 is 10.6 Å². The molecule has 5 rings (SSSR count). The predicted octanol–water partition coefficient (Wildman–Crippen LogP) is 2.48. The molecule has 3 N–H and O–H groups in total. The number of fused-ring (bicyclic) bond motifs is 1. The minimum absolute atomic E-state index is 0.231. The van der Waals surface area contributed by atoms with Gasteiger partial charge < -0.3 is 20.5 Å². The number of hydrogen-bond acceptors (Lipinski definition) is 10. The van der Waals surface area contributed by atoms with Crippen LogP contribution >= 0.6 is 11.5 Å². The first-order valence-electron chi connectivity index (χ1n) is 12.1. The Morgan fingerprint density at radius 1 is 1.19 bits per heavy atom. The van der Waals surface area contributed by atoms with Crippen LogP contribution in [0.25, 0.3) is 16.9 Å². The second kappa shape index (κ2) is 12.7. The number of aryl methyl sites for hydroxylation is 1. The summed E-state index contributed by atoms with van der Waals surface area (Å²) >= 11 is 1.45. The molecule has 0 amide bonds. The van der Waals surface area contributed by atoms with E-state index in [2.05, 4.69) is 41.0 Å². The number of imidazole rings is 1. The van der Waals surface area contributed by atoms with Gasteiger partial charge in [0.1, 0.15) is 11.3 Å². The van der Waals surface area contributed by atoms with Gasteiger partial charge in [0.15, 0.2) is 11.5 Å². The van der Waals surface area contributed by atoms with Crippen LogP contribution in [0.2, 0.25) is 0 Å². The molecule has 0 bridgehead atoms. The van der Waals surface area contributed by atoms with Gasteiger partial charge in [0, 0.05) is 31.0 Å². The smallest absolute Gasteiger partial charge is 0.180 e. The Labute approximate surface area is 214 Å². The van der Waals surface area contributed by atoms with Crippen LogP contribution in [-0.2, 0) is 17.9 Å². The van der Waals surface area contributed by atoms with Crippen molar-refractivity contribution in [3.63, 3.8) is 0 Å². The van der Waals surface area contributed by atoms with E-state index in [0.717, 1.165) is 59.2 Å². The van der Waals surface area contributed by atoms with Crippen molar-refractivity contribution < 1.29 is 9.90 Å². The van der Waals surface area contributed by atoms with E-state index >= 15 is 0 Å². The number of likely N-dealkylation sites (N-methyl/N-ethyl adjacent to an activating group) is 1. The molecule has 4 aromatic heterocycles. The summed E-state index contributed by atoms with van der Waals surface area (Å²) in [6, 6.07) is 2.10. The van der Waals surface area contributed by atoms with E-state index in [4.69, 9.17) is 5.11 Å². The maximum absolute atomic E-state index is 10.8. The molecule has 4 aromatic rings. The van der Waals surface area contributed by atoms with Crippen molar-refractivity contribution in [3.05, 3.63) is 42.2 Å². The number of likely N-dealkylation sites (tertiary alicyclic amines) is 1. The molecule has 5 heterocycles. The molecule has 36 heavy (non-hydrogen) atoms.